The minimum Gasteiger partial charge on any atom is -0.313 e. The van der Waals surface area contributed by atoms with E-state index < -0.39 is 10.0 Å². The quantitative estimate of drug-likeness (QED) is 0.813. The number of nitrogens with one attached hydrogen (secondary N) is 2. The van der Waals surface area contributed by atoms with Gasteiger partial charge in [-0.1, -0.05) is 20.3 Å². The van der Waals surface area contributed by atoms with Gasteiger partial charge in [0.15, 0.2) is 0 Å². The lowest BCUT2D eigenvalue weighted by Crippen LogP contribution is -2.39. The van der Waals surface area contributed by atoms with E-state index in [2.05, 4.69) is 17.0 Å². The standard InChI is InChI=1S/C13H22N2O2S2/c1-3-14-8-11-7-12(18-9-11)19(16,17)15-10-13(2)5-4-6-13/h7,9,14-15H,3-6,8,10H2,1-2H3. The van der Waals surface area contributed by atoms with E-state index in [0.29, 0.717) is 10.8 Å². The molecule has 19 heavy (non-hydrogen) atoms. The first-order chi connectivity index (χ1) is 8.95. The Hall–Kier alpha value is -0.430. The Labute approximate surface area is 119 Å². The van der Waals surface area contributed by atoms with Crippen LogP contribution in [0.4, 0.5) is 0 Å². The van der Waals surface area contributed by atoms with E-state index in [0.717, 1.165) is 31.5 Å². The molecule has 2 rings (SSSR count). The third kappa shape index (κ3) is 3.78. The molecule has 1 aliphatic rings. The van der Waals surface area contributed by atoms with Gasteiger partial charge in [-0.05, 0) is 41.8 Å². The van der Waals surface area contributed by atoms with Crippen LogP contribution in [0.1, 0.15) is 38.7 Å². The van der Waals surface area contributed by atoms with Gasteiger partial charge in [0.25, 0.3) is 0 Å². The van der Waals surface area contributed by atoms with Gasteiger partial charge in [0, 0.05) is 13.1 Å². The molecule has 0 aliphatic heterocycles. The fourth-order valence-electron chi connectivity index (χ4n) is 2.15. The van der Waals surface area contributed by atoms with E-state index in [1.165, 1.54) is 17.8 Å². The minimum atomic E-state index is -3.33. The maximum atomic E-state index is 12.2. The molecule has 0 unspecified atom stereocenters. The van der Waals surface area contributed by atoms with Crippen molar-refractivity contribution in [3.05, 3.63) is 17.0 Å². The van der Waals surface area contributed by atoms with E-state index in [-0.39, 0.29) is 5.41 Å². The molecule has 0 atom stereocenters. The van der Waals surface area contributed by atoms with Gasteiger partial charge in [-0.25, -0.2) is 13.1 Å². The van der Waals surface area contributed by atoms with Crippen molar-refractivity contribution in [2.75, 3.05) is 13.1 Å². The molecular weight excluding hydrogens is 280 g/mol. The third-order valence-electron chi connectivity index (χ3n) is 3.72. The van der Waals surface area contributed by atoms with Gasteiger partial charge in [0.1, 0.15) is 4.21 Å². The molecule has 0 saturated heterocycles. The van der Waals surface area contributed by atoms with Gasteiger partial charge >= 0.3 is 0 Å². The van der Waals surface area contributed by atoms with Crippen LogP contribution in [0.15, 0.2) is 15.7 Å². The lowest BCUT2D eigenvalue weighted by Gasteiger charge is -2.38. The summed E-state index contributed by atoms with van der Waals surface area (Å²) in [5, 5.41) is 5.10. The lowest BCUT2D eigenvalue weighted by molar-refractivity contribution is 0.166. The topological polar surface area (TPSA) is 58.2 Å². The van der Waals surface area contributed by atoms with Crippen molar-refractivity contribution in [2.45, 2.75) is 43.9 Å². The molecule has 1 heterocycles. The summed E-state index contributed by atoms with van der Waals surface area (Å²) >= 11 is 1.29. The Bertz CT molecular complexity index is 519. The van der Waals surface area contributed by atoms with E-state index in [9.17, 15) is 8.42 Å². The smallest absolute Gasteiger partial charge is 0.250 e. The molecule has 1 fully saturated rings. The summed E-state index contributed by atoms with van der Waals surface area (Å²) in [6.07, 6.45) is 3.45. The first-order valence-corrected chi connectivity index (χ1v) is 9.09. The Morgan fingerprint density at radius 1 is 1.42 bits per heavy atom. The van der Waals surface area contributed by atoms with Crippen LogP contribution in [0.25, 0.3) is 0 Å². The van der Waals surface area contributed by atoms with Crippen molar-refractivity contribution >= 4 is 21.4 Å². The number of hydrogen-bond acceptors (Lipinski definition) is 4. The molecule has 1 aromatic heterocycles. The van der Waals surface area contributed by atoms with Gasteiger partial charge in [0.2, 0.25) is 10.0 Å². The Morgan fingerprint density at radius 3 is 2.74 bits per heavy atom. The van der Waals surface area contributed by atoms with Crippen LogP contribution in [0.3, 0.4) is 0 Å². The molecule has 0 amide bonds. The first kappa shape index (κ1) is 15.0. The summed E-state index contributed by atoms with van der Waals surface area (Å²) in [5.74, 6) is 0. The molecule has 0 bridgehead atoms. The van der Waals surface area contributed by atoms with Crippen LogP contribution in [0, 0.1) is 5.41 Å². The fourth-order valence-corrected chi connectivity index (χ4v) is 4.61. The van der Waals surface area contributed by atoms with Crippen molar-refractivity contribution in [1.82, 2.24) is 10.0 Å². The Kier molecular flexibility index (Phi) is 4.66. The van der Waals surface area contributed by atoms with Crippen LogP contribution in [0.2, 0.25) is 0 Å². The fraction of sp³-hybridized carbons (Fsp3) is 0.692. The molecular formula is C13H22N2O2S2. The van der Waals surface area contributed by atoms with E-state index in [1.807, 2.05) is 12.3 Å². The maximum Gasteiger partial charge on any atom is 0.250 e. The Morgan fingerprint density at radius 2 is 2.16 bits per heavy atom. The predicted molar refractivity (Wildman–Crippen MR) is 78.8 cm³/mol. The van der Waals surface area contributed by atoms with Crippen LogP contribution >= 0.6 is 11.3 Å². The summed E-state index contributed by atoms with van der Waals surface area (Å²) in [7, 11) is -3.33. The van der Waals surface area contributed by atoms with Crippen molar-refractivity contribution in [1.29, 1.82) is 0 Å². The van der Waals surface area contributed by atoms with Gasteiger partial charge < -0.3 is 5.32 Å². The largest absolute Gasteiger partial charge is 0.313 e. The summed E-state index contributed by atoms with van der Waals surface area (Å²) < 4.78 is 27.5. The zero-order valence-electron chi connectivity index (χ0n) is 11.5. The van der Waals surface area contributed by atoms with E-state index >= 15 is 0 Å². The number of thiophene rings is 1. The maximum absolute atomic E-state index is 12.2. The first-order valence-electron chi connectivity index (χ1n) is 6.73. The van der Waals surface area contributed by atoms with Crippen molar-refractivity contribution in [3.63, 3.8) is 0 Å². The molecule has 1 aromatic rings. The number of sulfonamides is 1. The van der Waals surface area contributed by atoms with Gasteiger partial charge in [0.05, 0.1) is 0 Å². The average molecular weight is 302 g/mol. The second-order valence-corrected chi connectivity index (χ2v) is 8.45. The molecule has 0 radical (unpaired) electrons. The molecule has 108 valence electrons. The molecule has 0 aromatic carbocycles. The zero-order chi connectivity index (χ0) is 13.9. The molecule has 0 spiro atoms. The van der Waals surface area contributed by atoms with E-state index in [4.69, 9.17) is 0 Å². The van der Waals surface area contributed by atoms with Crippen LogP contribution in [0.5, 0.6) is 0 Å². The van der Waals surface area contributed by atoms with Crippen molar-refractivity contribution in [3.8, 4) is 0 Å². The SMILES string of the molecule is CCNCc1csc(S(=O)(=O)NCC2(C)CCC2)c1. The van der Waals surface area contributed by atoms with Crippen molar-refractivity contribution in [2.24, 2.45) is 5.41 Å². The molecule has 4 nitrogen and oxygen atoms in total. The Balaban J connectivity index is 1.96. The normalized spacial score (nSPS) is 18.2. The van der Waals surface area contributed by atoms with Crippen LogP contribution < -0.4 is 10.0 Å². The highest BCUT2D eigenvalue weighted by Crippen LogP contribution is 2.39. The molecule has 1 saturated carbocycles. The molecule has 6 heteroatoms. The summed E-state index contributed by atoms with van der Waals surface area (Å²) in [6, 6.07) is 1.76. The molecule has 2 N–H and O–H groups in total. The van der Waals surface area contributed by atoms with Gasteiger partial charge in [-0.15, -0.1) is 11.3 Å². The highest BCUT2D eigenvalue weighted by molar-refractivity contribution is 7.91. The third-order valence-corrected chi connectivity index (χ3v) is 6.61. The number of hydrogen-bond donors (Lipinski definition) is 2. The highest BCUT2D eigenvalue weighted by Gasteiger charge is 2.33. The second-order valence-electron chi connectivity index (χ2n) is 5.54. The minimum absolute atomic E-state index is 0.164. The van der Waals surface area contributed by atoms with Gasteiger partial charge in [-0.3, -0.25) is 0 Å². The van der Waals surface area contributed by atoms with Crippen LogP contribution in [-0.2, 0) is 16.6 Å². The summed E-state index contributed by atoms with van der Waals surface area (Å²) in [6.45, 7) is 6.33. The monoisotopic (exact) mass is 302 g/mol. The van der Waals surface area contributed by atoms with Gasteiger partial charge in [-0.2, -0.15) is 0 Å². The van der Waals surface area contributed by atoms with E-state index in [1.54, 1.807) is 6.07 Å². The highest BCUT2D eigenvalue weighted by atomic mass is 32.2. The second kappa shape index (κ2) is 5.91. The average Bonchev–Trinajstić information content (AvgIpc) is 2.81. The predicted octanol–water partition coefficient (Wildman–Crippen LogP) is 2.33. The van der Waals surface area contributed by atoms with Crippen molar-refractivity contribution < 1.29 is 8.42 Å². The lowest BCUT2D eigenvalue weighted by atomic mass is 9.71. The zero-order valence-corrected chi connectivity index (χ0v) is 13.2. The summed E-state index contributed by atoms with van der Waals surface area (Å²) in [4.78, 5) is 0. The summed E-state index contributed by atoms with van der Waals surface area (Å²) in [5.41, 5.74) is 1.19. The van der Waals surface area contributed by atoms with Crippen LogP contribution in [-0.4, -0.2) is 21.5 Å². The molecule has 1 aliphatic carbocycles. The number of rotatable bonds is 7.